The largest absolute Gasteiger partial charge is 0.457 e. The van der Waals surface area contributed by atoms with Crippen molar-refractivity contribution in [3.63, 3.8) is 0 Å². The zero-order valence-corrected chi connectivity index (χ0v) is 13.8. The number of fused-ring (bicyclic) bond motifs is 1. The van der Waals surface area contributed by atoms with E-state index in [1.54, 1.807) is 11.9 Å². The van der Waals surface area contributed by atoms with Crippen LogP contribution in [0.4, 0.5) is 0 Å². The molecule has 0 aromatic heterocycles. The molecule has 1 saturated heterocycles. The zero-order chi connectivity index (χ0) is 15.5. The summed E-state index contributed by atoms with van der Waals surface area (Å²) in [5.74, 6) is 4.53. The van der Waals surface area contributed by atoms with Crippen LogP contribution in [0.1, 0.15) is 24.3 Å². The molecule has 0 aliphatic carbocycles. The second-order valence-corrected chi connectivity index (χ2v) is 6.80. The number of amidine groups is 1. The summed E-state index contributed by atoms with van der Waals surface area (Å²) in [5, 5.41) is 0. The molecule has 4 heteroatoms. The van der Waals surface area contributed by atoms with E-state index in [-0.39, 0.29) is 0 Å². The molecule has 3 nitrogen and oxygen atoms in total. The maximum atomic E-state index is 5.99. The van der Waals surface area contributed by atoms with Crippen molar-refractivity contribution in [1.82, 2.24) is 4.90 Å². The van der Waals surface area contributed by atoms with Gasteiger partial charge >= 0.3 is 0 Å². The molecule has 0 radical (unpaired) electrons. The fourth-order valence-electron chi connectivity index (χ4n) is 3.30. The minimum Gasteiger partial charge on any atom is -0.457 e. The lowest BCUT2D eigenvalue weighted by Crippen LogP contribution is -2.42. The summed E-state index contributed by atoms with van der Waals surface area (Å²) in [6, 6.07) is 18.4. The van der Waals surface area contributed by atoms with E-state index >= 15 is 0 Å². The molecular weight excluding hydrogens is 304 g/mol. The molecule has 0 saturated carbocycles. The first-order valence-electron chi connectivity index (χ1n) is 8.18. The lowest BCUT2D eigenvalue weighted by atomic mass is 9.89. The van der Waals surface area contributed by atoms with Gasteiger partial charge in [-0.05, 0) is 54.6 Å². The van der Waals surface area contributed by atoms with E-state index in [1.165, 1.54) is 24.2 Å². The van der Waals surface area contributed by atoms with Crippen molar-refractivity contribution in [2.75, 3.05) is 18.8 Å². The molecule has 0 N–H and O–H groups in total. The highest BCUT2D eigenvalue weighted by molar-refractivity contribution is 7.98. The number of benzene rings is 2. The van der Waals surface area contributed by atoms with Crippen LogP contribution < -0.4 is 4.74 Å². The van der Waals surface area contributed by atoms with Crippen LogP contribution in [0.5, 0.6) is 11.5 Å². The van der Waals surface area contributed by atoms with E-state index in [0.29, 0.717) is 5.92 Å². The van der Waals surface area contributed by atoms with E-state index < -0.39 is 0 Å². The number of hydrogen-bond acceptors (Lipinski definition) is 4. The van der Waals surface area contributed by atoms with Gasteiger partial charge < -0.3 is 9.64 Å². The molecule has 23 heavy (non-hydrogen) atoms. The molecule has 1 unspecified atom stereocenters. The Morgan fingerprint density at radius 1 is 1.00 bits per heavy atom. The summed E-state index contributed by atoms with van der Waals surface area (Å²) in [7, 11) is 0. The highest BCUT2D eigenvalue weighted by Crippen LogP contribution is 2.34. The molecule has 0 bridgehead atoms. The van der Waals surface area contributed by atoms with Gasteiger partial charge in [0.2, 0.25) is 0 Å². The second kappa shape index (κ2) is 6.67. The van der Waals surface area contributed by atoms with E-state index in [0.717, 1.165) is 30.3 Å². The fraction of sp³-hybridized carbons (Fsp3) is 0.316. The molecule has 4 rings (SSSR count). The Morgan fingerprint density at radius 3 is 2.78 bits per heavy atom. The summed E-state index contributed by atoms with van der Waals surface area (Å²) in [4.78, 5) is 2.45. The van der Waals surface area contributed by atoms with Crippen molar-refractivity contribution < 1.29 is 4.74 Å². The summed E-state index contributed by atoms with van der Waals surface area (Å²) in [6.07, 6.45) is 2.41. The molecule has 2 aliphatic heterocycles. The highest BCUT2D eigenvalue weighted by Gasteiger charge is 2.29. The van der Waals surface area contributed by atoms with Crippen molar-refractivity contribution in [3.05, 3.63) is 60.2 Å². The van der Waals surface area contributed by atoms with Crippen LogP contribution in [-0.2, 0) is 0 Å². The lowest BCUT2D eigenvalue weighted by Gasteiger charge is -2.37. The third-order valence-electron chi connectivity index (χ3n) is 4.41. The van der Waals surface area contributed by atoms with E-state index in [9.17, 15) is 0 Å². The number of piperidine rings is 1. The maximum Gasteiger partial charge on any atom is 0.127 e. The summed E-state index contributed by atoms with van der Waals surface area (Å²) >= 11 is 1.70. The second-order valence-electron chi connectivity index (χ2n) is 5.95. The van der Waals surface area contributed by atoms with Gasteiger partial charge in [-0.15, -0.1) is 0 Å². The Morgan fingerprint density at radius 2 is 1.87 bits per heavy atom. The first kappa shape index (κ1) is 14.6. The number of hydrogen-bond donors (Lipinski definition) is 0. The van der Waals surface area contributed by atoms with Gasteiger partial charge in [0.1, 0.15) is 17.3 Å². The van der Waals surface area contributed by atoms with Gasteiger partial charge in [-0.2, -0.15) is 0 Å². The van der Waals surface area contributed by atoms with E-state index in [1.807, 2.05) is 36.4 Å². The van der Waals surface area contributed by atoms with Gasteiger partial charge in [-0.3, -0.25) is 0 Å². The predicted octanol–water partition coefficient (Wildman–Crippen LogP) is 4.72. The minimum absolute atomic E-state index is 0.399. The summed E-state index contributed by atoms with van der Waals surface area (Å²) in [5.41, 5.74) is 1.31. The molecule has 0 amide bonds. The molecule has 1 atom stereocenters. The zero-order valence-electron chi connectivity index (χ0n) is 13.0. The van der Waals surface area contributed by atoms with Gasteiger partial charge in [0, 0.05) is 24.8 Å². The van der Waals surface area contributed by atoms with Crippen LogP contribution in [0, 0.1) is 0 Å². The molecule has 0 spiro atoms. The predicted molar refractivity (Wildman–Crippen MR) is 96.4 cm³/mol. The van der Waals surface area contributed by atoms with Crippen molar-refractivity contribution in [2.24, 2.45) is 4.40 Å². The molecule has 118 valence electrons. The third kappa shape index (κ3) is 3.22. The maximum absolute atomic E-state index is 5.99. The number of nitrogens with zero attached hydrogens (tertiary/aromatic N) is 2. The Bertz CT molecular complexity index is 702. The quantitative estimate of drug-likeness (QED) is 0.764. The Kier molecular flexibility index (Phi) is 4.24. The first-order valence-corrected chi connectivity index (χ1v) is 9.12. The van der Waals surface area contributed by atoms with Gasteiger partial charge in [0.25, 0.3) is 0 Å². The Labute approximate surface area is 141 Å². The average molecular weight is 324 g/mol. The van der Waals surface area contributed by atoms with Gasteiger partial charge in [0.15, 0.2) is 0 Å². The van der Waals surface area contributed by atoms with Crippen LogP contribution in [0.15, 0.2) is 59.0 Å². The van der Waals surface area contributed by atoms with E-state index in [4.69, 9.17) is 9.13 Å². The van der Waals surface area contributed by atoms with Crippen LogP contribution in [0.25, 0.3) is 0 Å². The fourth-order valence-corrected chi connectivity index (χ4v) is 4.06. The molecule has 2 heterocycles. The monoisotopic (exact) mass is 324 g/mol. The standard InChI is InChI=1S/C19H20N2OS/c1-2-7-16(8-3-1)22-17-9-4-6-15(14-17)18-10-5-11-21-12-13-23-20-19(18)21/h1-4,6-9,14,18H,5,10-13H2. The Balaban J connectivity index is 1.59. The minimum atomic E-state index is 0.399. The van der Waals surface area contributed by atoms with Gasteiger partial charge in [-0.25, -0.2) is 4.40 Å². The SMILES string of the molecule is c1ccc(Oc2cccc(C3CCCN4CCSN=C34)c2)cc1. The van der Waals surface area contributed by atoms with Crippen LogP contribution >= 0.6 is 11.9 Å². The molecular formula is C19H20N2OS. The van der Waals surface area contributed by atoms with E-state index in [2.05, 4.69) is 23.1 Å². The van der Waals surface area contributed by atoms with Crippen LogP contribution in [0.2, 0.25) is 0 Å². The van der Waals surface area contributed by atoms with Gasteiger partial charge in [-0.1, -0.05) is 30.3 Å². The first-order chi connectivity index (χ1) is 11.4. The molecule has 1 fully saturated rings. The van der Waals surface area contributed by atoms with Crippen molar-refractivity contribution in [2.45, 2.75) is 18.8 Å². The smallest absolute Gasteiger partial charge is 0.127 e. The molecule has 2 aromatic rings. The normalized spacial score (nSPS) is 20.6. The highest BCUT2D eigenvalue weighted by atomic mass is 32.2. The number of para-hydroxylation sites is 1. The Hall–Kier alpha value is -1.94. The third-order valence-corrected chi connectivity index (χ3v) is 5.09. The molecule has 2 aromatic carbocycles. The lowest BCUT2D eigenvalue weighted by molar-refractivity contribution is 0.370. The average Bonchev–Trinajstić information content (AvgIpc) is 2.62. The van der Waals surface area contributed by atoms with Crippen molar-refractivity contribution in [1.29, 1.82) is 0 Å². The topological polar surface area (TPSA) is 24.8 Å². The molecule has 2 aliphatic rings. The number of ether oxygens (including phenoxy) is 1. The van der Waals surface area contributed by atoms with Gasteiger partial charge in [0.05, 0.1) is 0 Å². The van der Waals surface area contributed by atoms with Crippen molar-refractivity contribution in [3.8, 4) is 11.5 Å². The van der Waals surface area contributed by atoms with Crippen molar-refractivity contribution >= 4 is 17.8 Å². The summed E-state index contributed by atoms with van der Waals surface area (Å²) < 4.78 is 10.7. The number of rotatable bonds is 3. The van der Waals surface area contributed by atoms with Crippen LogP contribution in [0.3, 0.4) is 0 Å². The summed E-state index contributed by atoms with van der Waals surface area (Å²) in [6.45, 7) is 2.27. The van der Waals surface area contributed by atoms with Crippen LogP contribution in [-0.4, -0.2) is 29.6 Å².